The second kappa shape index (κ2) is 14.0. The maximum atomic E-state index is 15.0. The summed E-state index contributed by atoms with van der Waals surface area (Å²) >= 11 is 0. The number of allylic oxidation sites excluding steroid dienone is 2. The fourth-order valence-electron chi connectivity index (χ4n) is 9.10. The molecule has 0 amide bonds. The number of benzene rings is 4. The zero-order valence-corrected chi connectivity index (χ0v) is 31.7. The number of fused-ring (bicyclic) bond motifs is 4. The van der Waals surface area contributed by atoms with E-state index in [1.165, 1.54) is 7.11 Å². The molecule has 8 rings (SSSR count). The molecule has 55 heavy (non-hydrogen) atoms. The van der Waals surface area contributed by atoms with Crippen molar-refractivity contribution in [2.75, 3.05) is 14.2 Å². The molecule has 284 valence electrons. The van der Waals surface area contributed by atoms with E-state index in [0.717, 1.165) is 40.5 Å². The van der Waals surface area contributed by atoms with Gasteiger partial charge in [-0.15, -0.1) is 0 Å². The summed E-state index contributed by atoms with van der Waals surface area (Å²) in [7, 11) is 3.11. The normalized spacial score (nSPS) is 21.5. The molecule has 0 aliphatic heterocycles. The second-order valence-electron chi connectivity index (χ2n) is 15.4. The van der Waals surface area contributed by atoms with Gasteiger partial charge in [-0.25, -0.2) is 0 Å². The molecule has 3 aliphatic rings. The van der Waals surface area contributed by atoms with Crippen LogP contribution in [-0.2, 0) is 30.8 Å². The Morgan fingerprint density at radius 2 is 1.55 bits per heavy atom. The summed E-state index contributed by atoms with van der Waals surface area (Å²) in [5.41, 5.74) is 0.817. The molecule has 1 aromatic heterocycles. The Bertz CT molecular complexity index is 2330. The Labute approximate surface area is 319 Å². The lowest BCUT2D eigenvalue weighted by atomic mass is 9.61. The lowest BCUT2D eigenvalue weighted by Gasteiger charge is -2.45. The van der Waals surface area contributed by atoms with Crippen molar-refractivity contribution < 1.29 is 43.3 Å². The van der Waals surface area contributed by atoms with Gasteiger partial charge >= 0.3 is 0 Å². The molecule has 3 unspecified atom stereocenters. The number of aromatic hydroxyl groups is 1. The first-order valence-electron chi connectivity index (χ1n) is 18.7. The van der Waals surface area contributed by atoms with Crippen molar-refractivity contribution in [3.8, 4) is 23.1 Å². The van der Waals surface area contributed by atoms with Crippen LogP contribution in [0.1, 0.15) is 99.9 Å². The molecule has 4 aromatic carbocycles. The monoisotopic (exact) mass is 743 g/mol. The molecule has 0 radical (unpaired) electrons. The van der Waals surface area contributed by atoms with Gasteiger partial charge in [0.05, 0.1) is 24.2 Å². The summed E-state index contributed by atoms with van der Waals surface area (Å²) in [4.78, 5) is 29.6. The van der Waals surface area contributed by atoms with Crippen LogP contribution in [-0.4, -0.2) is 46.8 Å². The van der Waals surface area contributed by atoms with Gasteiger partial charge in [0.1, 0.15) is 36.0 Å². The summed E-state index contributed by atoms with van der Waals surface area (Å²) in [6.07, 6.45) is 5.44. The van der Waals surface area contributed by atoms with E-state index in [9.17, 15) is 15.0 Å². The van der Waals surface area contributed by atoms with Crippen molar-refractivity contribution >= 4 is 22.3 Å². The number of phenolic OH excluding ortho intramolecular Hbond substituents is 1. The summed E-state index contributed by atoms with van der Waals surface area (Å²) in [6.45, 7) is 6.74. The number of aromatic nitrogens is 1. The largest absolute Gasteiger partial charge is 0.506 e. The van der Waals surface area contributed by atoms with Crippen LogP contribution >= 0.6 is 0 Å². The van der Waals surface area contributed by atoms with Gasteiger partial charge in [0.25, 0.3) is 5.88 Å². The first kappa shape index (κ1) is 36.5. The number of nitrogens with zero attached hydrogens (tertiary/aromatic N) is 1. The zero-order valence-electron chi connectivity index (χ0n) is 31.7. The van der Waals surface area contributed by atoms with Crippen molar-refractivity contribution in [1.82, 2.24) is 5.16 Å². The SMILES string of the molecule is C/C=C/CCC(C)(C)C1Cc2c3c(c(O)c4c(OCc5ccccc5)cc(OC)c1c24)C(=O)C1(O)C(=O)c2c(OCc4ccccc4)noc2CC1[C@H]3OC. The molecule has 4 atom stereocenters. The molecule has 5 aromatic rings. The fraction of sp³-hybridized carbons (Fsp3) is 0.356. The first-order valence-corrected chi connectivity index (χ1v) is 18.7. The van der Waals surface area contributed by atoms with Crippen LogP contribution in [0.5, 0.6) is 23.1 Å². The molecule has 10 heteroatoms. The molecule has 0 spiro atoms. The van der Waals surface area contributed by atoms with Crippen LogP contribution in [0.4, 0.5) is 0 Å². The molecule has 10 nitrogen and oxygen atoms in total. The van der Waals surface area contributed by atoms with Crippen LogP contribution in [0, 0.1) is 11.3 Å². The van der Waals surface area contributed by atoms with Gasteiger partial charge in [-0.3, -0.25) is 9.59 Å². The summed E-state index contributed by atoms with van der Waals surface area (Å²) < 4.78 is 30.3. The van der Waals surface area contributed by atoms with Crippen molar-refractivity contribution in [3.63, 3.8) is 0 Å². The van der Waals surface area contributed by atoms with Gasteiger partial charge in [0.15, 0.2) is 11.4 Å². The number of hydrogen-bond acceptors (Lipinski definition) is 10. The molecular weight excluding hydrogens is 698 g/mol. The van der Waals surface area contributed by atoms with Crippen LogP contribution in [0.3, 0.4) is 0 Å². The number of carbonyl (C=O) groups is 2. The van der Waals surface area contributed by atoms with E-state index in [-0.39, 0.29) is 59.5 Å². The third-order valence-corrected chi connectivity index (χ3v) is 12.0. The predicted molar refractivity (Wildman–Crippen MR) is 205 cm³/mol. The number of carbonyl (C=O) groups excluding carboxylic acids is 2. The molecular formula is C45H45NO9. The maximum absolute atomic E-state index is 15.0. The fourth-order valence-corrected chi connectivity index (χ4v) is 9.10. The van der Waals surface area contributed by atoms with Crippen molar-refractivity contribution in [2.24, 2.45) is 11.3 Å². The van der Waals surface area contributed by atoms with Gasteiger partial charge in [-0.05, 0) is 70.3 Å². The van der Waals surface area contributed by atoms with Crippen molar-refractivity contribution in [3.05, 3.63) is 124 Å². The lowest BCUT2D eigenvalue weighted by Crippen LogP contribution is -2.60. The Hall–Kier alpha value is -5.45. The Kier molecular flexibility index (Phi) is 9.30. The summed E-state index contributed by atoms with van der Waals surface area (Å²) in [5.74, 6) is -2.33. The number of phenols is 1. The lowest BCUT2D eigenvalue weighted by molar-refractivity contribution is -0.0607. The van der Waals surface area contributed by atoms with E-state index in [4.69, 9.17) is 23.5 Å². The van der Waals surface area contributed by atoms with Crippen LogP contribution in [0.2, 0.25) is 0 Å². The van der Waals surface area contributed by atoms with Crippen molar-refractivity contribution in [2.45, 2.75) is 77.3 Å². The number of hydrogen-bond donors (Lipinski definition) is 2. The molecule has 1 heterocycles. The van der Waals surface area contributed by atoms with Gasteiger partial charge in [0.2, 0.25) is 11.6 Å². The summed E-state index contributed by atoms with van der Waals surface area (Å²) in [6, 6.07) is 20.8. The first-order chi connectivity index (χ1) is 26.5. The number of ketones is 2. The minimum absolute atomic E-state index is 0.0319. The molecule has 3 aliphatic carbocycles. The van der Waals surface area contributed by atoms with Crippen LogP contribution < -0.4 is 14.2 Å². The maximum Gasteiger partial charge on any atom is 0.265 e. The average molecular weight is 744 g/mol. The van der Waals surface area contributed by atoms with E-state index >= 15 is 4.79 Å². The highest BCUT2D eigenvalue weighted by Gasteiger charge is 2.64. The standard InChI is InChI=1S/C45H45NO9/c1-6-7-14-19-44(2,3)28-20-27-33-35(28)30(51-4)22-31(53-23-25-15-10-8-11-16-25)36(33)39(47)38-34(27)40(52-5)29-21-32-37(41(48)45(29,50)42(38)49)43(46-55-32)54-24-26-17-12-9-13-18-26/h6-13,15-18,22,28-29,40,47,50H,14,19-21,23-24H2,1-5H3/b7-6+/t28?,29?,40-,45?/m1/s1. The Morgan fingerprint density at radius 1 is 0.891 bits per heavy atom. The minimum atomic E-state index is -2.61. The highest BCUT2D eigenvalue weighted by Crippen LogP contribution is 2.62. The number of methoxy groups -OCH3 is 2. The van der Waals surface area contributed by atoms with Gasteiger partial charge < -0.3 is 33.7 Å². The highest BCUT2D eigenvalue weighted by atomic mass is 16.5. The highest BCUT2D eigenvalue weighted by molar-refractivity contribution is 6.27. The third-order valence-electron chi connectivity index (χ3n) is 12.0. The number of Topliss-reactive ketones (excluding diaryl/α,β-unsaturated/α-hetero) is 2. The van der Waals surface area contributed by atoms with Crippen molar-refractivity contribution in [1.29, 1.82) is 0 Å². The zero-order chi connectivity index (χ0) is 38.6. The van der Waals surface area contributed by atoms with Gasteiger partial charge in [-0.2, -0.15) is 0 Å². The molecule has 0 fully saturated rings. The van der Waals surface area contributed by atoms with E-state index in [0.29, 0.717) is 28.9 Å². The summed E-state index contributed by atoms with van der Waals surface area (Å²) in [5, 5.41) is 30.2. The van der Waals surface area contributed by atoms with E-state index in [1.54, 1.807) is 13.2 Å². The van der Waals surface area contributed by atoms with E-state index in [1.807, 2.05) is 73.7 Å². The minimum Gasteiger partial charge on any atom is -0.506 e. The third kappa shape index (κ3) is 5.73. The second-order valence-corrected chi connectivity index (χ2v) is 15.4. The molecule has 2 N–H and O–H groups in total. The smallest absolute Gasteiger partial charge is 0.265 e. The quantitative estimate of drug-likeness (QED) is 0.0947. The number of aliphatic hydroxyl groups is 1. The predicted octanol–water partition coefficient (Wildman–Crippen LogP) is 8.39. The molecule has 0 saturated carbocycles. The molecule has 0 bridgehead atoms. The topological polar surface area (TPSA) is 138 Å². The Balaban J connectivity index is 1.31. The van der Waals surface area contributed by atoms with Gasteiger partial charge in [-0.1, -0.05) is 86.7 Å². The molecule has 0 saturated heterocycles. The van der Waals surface area contributed by atoms with E-state index in [2.05, 4.69) is 25.1 Å². The Morgan fingerprint density at radius 3 is 2.18 bits per heavy atom. The van der Waals surface area contributed by atoms with Crippen LogP contribution in [0.25, 0.3) is 10.8 Å². The number of rotatable bonds is 12. The van der Waals surface area contributed by atoms with Gasteiger partial charge in [0, 0.05) is 31.1 Å². The average Bonchev–Trinajstić information content (AvgIpc) is 3.80. The number of ether oxygens (including phenoxy) is 4. The van der Waals surface area contributed by atoms with Crippen LogP contribution in [0.15, 0.2) is 83.4 Å². The van der Waals surface area contributed by atoms with E-state index < -0.39 is 29.2 Å².